The highest BCUT2D eigenvalue weighted by Crippen LogP contribution is 2.31. The molecule has 0 fully saturated rings. The van der Waals surface area contributed by atoms with Gasteiger partial charge in [-0.1, -0.05) is 15.9 Å². The van der Waals surface area contributed by atoms with Gasteiger partial charge in [0.05, 0.1) is 18.7 Å². The summed E-state index contributed by atoms with van der Waals surface area (Å²) in [5.41, 5.74) is 3.58. The molecule has 2 heterocycles. The summed E-state index contributed by atoms with van der Waals surface area (Å²) < 4.78 is 6.60. The van der Waals surface area contributed by atoms with Crippen molar-refractivity contribution in [3.63, 3.8) is 0 Å². The number of nitrogens with zero attached hydrogens (tertiary/aromatic N) is 1. The highest BCUT2D eigenvalue weighted by atomic mass is 79.9. The molecule has 0 saturated heterocycles. The van der Waals surface area contributed by atoms with Crippen LogP contribution in [0, 0.1) is 20.8 Å². The van der Waals surface area contributed by atoms with Crippen LogP contribution < -0.4 is 10.3 Å². The van der Waals surface area contributed by atoms with Gasteiger partial charge in [0.25, 0.3) is 11.5 Å². The predicted octanol–water partition coefficient (Wildman–Crippen LogP) is 3.10. The van der Waals surface area contributed by atoms with Gasteiger partial charge in [0.2, 0.25) is 0 Å². The van der Waals surface area contributed by atoms with Crippen LogP contribution in [-0.2, 0) is 6.54 Å². The molecule has 0 saturated carbocycles. The van der Waals surface area contributed by atoms with Gasteiger partial charge in [0, 0.05) is 15.7 Å². The van der Waals surface area contributed by atoms with Gasteiger partial charge in [0.15, 0.2) is 0 Å². The monoisotopic (exact) mass is 390 g/mol. The van der Waals surface area contributed by atoms with Crippen LogP contribution in [0.1, 0.15) is 32.7 Å². The smallest absolute Gasteiger partial charge is 0.258 e. The third-order valence-corrected chi connectivity index (χ3v) is 5.18. The van der Waals surface area contributed by atoms with E-state index in [9.17, 15) is 9.59 Å². The Morgan fingerprint density at radius 3 is 2.71 bits per heavy atom. The number of H-pyrrole nitrogens is 1. The predicted molar refractivity (Wildman–Crippen MR) is 95.7 cm³/mol. The Morgan fingerprint density at radius 1 is 1.25 bits per heavy atom. The van der Waals surface area contributed by atoms with Gasteiger partial charge in [-0.25, -0.2) is 0 Å². The number of carbonyl (C=O) groups is 1. The zero-order valence-corrected chi connectivity index (χ0v) is 15.5. The van der Waals surface area contributed by atoms with Crippen molar-refractivity contribution < 1.29 is 9.53 Å². The summed E-state index contributed by atoms with van der Waals surface area (Å²) in [4.78, 5) is 29.8. The van der Waals surface area contributed by atoms with Crippen LogP contribution in [-0.4, -0.2) is 28.9 Å². The van der Waals surface area contributed by atoms with Crippen LogP contribution in [0.5, 0.6) is 5.75 Å². The number of aryl methyl sites for hydroxylation is 2. The molecule has 0 spiro atoms. The number of ether oxygens (including phenoxy) is 1. The Hall–Kier alpha value is -2.08. The maximum Gasteiger partial charge on any atom is 0.258 e. The number of hydrogen-bond donors (Lipinski definition) is 1. The minimum absolute atomic E-state index is 0.110. The first kappa shape index (κ1) is 16.8. The van der Waals surface area contributed by atoms with E-state index >= 15 is 0 Å². The second kappa shape index (κ2) is 6.43. The maximum absolute atomic E-state index is 13.0. The number of aromatic nitrogens is 1. The van der Waals surface area contributed by atoms with Crippen molar-refractivity contribution in [3.05, 3.63) is 61.0 Å². The van der Waals surface area contributed by atoms with E-state index < -0.39 is 0 Å². The molecule has 0 unspecified atom stereocenters. The van der Waals surface area contributed by atoms with Crippen LogP contribution in [0.25, 0.3) is 0 Å². The van der Waals surface area contributed by atoms with E-state index in [1.54, 1.807) is 11.0 Å². The first-order valence-electron chi connectivity index (χ1n) is 7.79. The molecule has 1 N–H and O–H groups in total. The lowest BCUT2D eigenvalue weighted by molar-refractivity contribution is 0.0741. The van der Waals surface area contributed by atoms with Crippen LogP contribution in [0.2, 0.25) is 0 Å². The molecule has 126 valence electrons. The van der Waals surface area contributed by atoms with Gasteiger partial charge >= 0.3 is 0 Å². The SMILES string of the molecule is Cc1cc(C)c(CN2CCOc3ccc(Br)c(C)c3C2=O)c(=O)[nH]1. The van der Waals surface area contributed by atoms with E-state index in [1.807, 2.05) is 32.9 Å². The number of aromatic amines is 1. The molecule has 1 aromatic carbocycles. The summed E-state index contributed by atoms with van der Waals surface area (Å²) in [7, 11) is 0. The number of halogens is 1. The summed E-state index contributed by atoms with van der Waals surface area (Å²) >= 11 is 3.46. The Kier molecular flexibility index (Phi) is 4.49. The molecular formula is C18H19BrN2O3. The number of nitrogens with one attached hydrogen (secondary N) is 1. The van der Waals surface area contributed by atoms with Gasteiger partial charge in [0.1, 0.15) is 12.4 Å². The van der Waals surface area contributed by atoms with Crippen LogP contribution >= 0.6 is 15.9 Å². The summed E-state index contributed by atoms with van der Waals surface area (Å²) in [6.45, 7) is 6.75. The molecule has 6 heteroatoms. The summed E-state index contributed by atoms with van der Waals surface area (Å²) in [6, 6.07) is 5.61. The van der Waals surface area contributed by atoms with E-state index in [2.05, 4.69) is 20.9 Å². The summed E-state index contributed by atoms with van der Waals surface area (Å²) in [6.07, 6.45) is 0. The van der Waals surface area contributed by atoms with E-state index in [4.69, 9.17) is 4.74 Å². The van der Waals surface area contributed by atoms with E-state index in [-0.39, 0.29) is 18.0 Å². The van der Waals surface area contributed by atoms with Gasteiger partial charge < -0.3 is 14.6 Å². The third kappa shape index (κ3) is 2.98. The maximum atomic E-state index is 13.0. The van der Waals surface area contributed by atoms with Crippen molar-refractivity contribution in [2.45, 2.75) is 27.3 Å². The lowest BCUT2D eigenvalue weighted by Gasteiger charge is -2.21. The standard InChI is InChI=1S/C18H19BrN2O3/c1-10-8-11(2)20-17(22)13(10)9-21-6-7-24-15-5-4-14(19)12(3)16(15)18(21)23/h4-5,8H,6-7,9H2,1-3H3,(H,20,22). The second-order valence-corrected chi connectivity index (χ2v) is 6.92. The second-order valence-electron chi connectivity index (χ2n) is 6.06. The molecule has 0 aliphatic carbocycles. The van der Waals surface area contributed by atoms with Gasteiger partial charge in [-0.2, -0.15) is 0 Å². The molecule has 0 atom stereocenters. The molecule has 2 aromatic rings. The zero-order valence-electron chi connectivity index (χ0n) is 13.9. The molecule has 1 aliphatic heterocycles. The average Bonchev–Trinajstić information content (AvgIpc) is 2.66. The number of amides is 1. The molecular weight excluding hydrogens is 372 g/mol. The van der Waals surface area contributed by atoms with Gasteiger partial charge in [-0.05, 0) is 50.1 Å². The summed E-state index contributed by atoms with van der Waals surface area (Å²) in [5, 5.41) is 0. The summed E-state index contributed by atoms with van der Waals surface area (Å²) in [5.74, 6) is 0.485. The fraction of sp³-hybridized carbons (Fsp3) is 0.333. The Morgan fingerprint density at radius 2 is 2.00 bits per heavy atom. The minimum atomic E-state index is -0.142. The largest absolute Gasteiger partial charge is 0.491 e. The molecule has 5 nitrogen and oxygen atoms in total. The van der Waals surface area contributed by atoms with Crippen LogP contribution in [0.15, 0.2) is 27.5 Å². The van der Waals surface area contributed by atoms with Crippen molar-refractivity contribution in [1.29, 1.82) is 0 Å². The zero-order chi connectivity index (χ0) is 17.4. The third-order valence-electron chi connectivity index (χ3n) is 4.32. The van der Waals surface area contributed by atoms with Crippen LogP contribution in [0.4, 0.5) is 0 Å². The van der Waals surface area contributed by atoms with E-state index in [0.29, 0.717) is 30.0 Å². The van der Waals surface area contributed by atoms with Crippen molar-refractivity contribution >= 4 is 21.8 Å². The van der Waals surface area contributed by atoms with Crippen molar-refractivity contribution in [2.24, 2.45) is 0 Å². The van der Waals surface area contributed by atoms with Gasteiger partial charge in [-0.15, -0.1) is 0 Å². The molecule has 3 rings (SSSR count). The first-order chi connectivity index (χ1) is 11.4. The Balaban J connectivity index is 2.00. The minimum Gasteiger partial charge on any atom is -0.491 e. The Bertz CT molecular complexity index is 873. The van der Waals surface area contributed by atoms with Crippen molar-refractivity contribution in [2.75, 3.05) is 13.2 Å². The van der Waals surface area contributed by atoms with Gasteiger partial charge in [-0.3, -0.25) is 9.59 Å². The molecule has 0 bridgehead atoms. The quantitative estimate of drug-likeness (QED) is 0.856. The van der Waals surface area contributed by atoms with E-state index in [1.165, 1.54) is 0 Å². The van der Waals surface area contributed by atoms with Crippen molar-refractivity contribution in [3.8, 4) is 5.75 Å². The highest BCUT2D eigenvalue weighted by molar-refractivity contribution is 9.10. The lowest BCUT2D eigenvalue weighted by atomic mass is 10.1. The first-order valence-corrected chi connectivity index (χ1v) is 8.58. The highest BCUT2D eigenvalue weighted by Gasteiger charge is 2.27. The molecule has 24 heavy (non-hydrogen) atoms. The molecule has 1 amide bonds. The topological polar surface area (TPSA) is 62.4 Å². The van der Waals surface area contributed by atoms with E-state index in [0.717, 1.165) is 21.3 Å². The molecule has 0 radical (unpaired) electrons. The number of pyridine rings is 1. The fourth-order valence-electron chi connectivity index (χ4n) is 2.99. The number of benzene rings is 1. The van der Waals surface area contributed by atoms with Crippen LogP contribution in [0.3, 0.4) is 0 Å². The lowest BCUT2D eigenvalue weighted by Crippen LogP contribution is -2.35. The average molecular weight is 391 g/mol. The fourth-order valence-corrected chi connectivity index (χ4v) is 3.32. The molecule has 1 aromatic heterocycles. The Labute approximate surface area is 148 Å². The van der Waals surface area contributed by atoms with Crippen molar-refractivity contribution in [1.82, 2.24) is 9.88 Å². The number of hydrogen-bond acceptors (Lipinski definition) is 3. The normalized spacial score (nSPS) is 14.2. The number of fused-ring (bicyclic) bond motifs is 1. The molecule has 1 aliphatic rings. The number of carbonyl (C=O) groups excluding carboxylic acids is 1. The number of rotatable bonds is 2.